The molecule has 0 radical (unpaired) electrons. The molecular weight excluding hydrogens is 302 g/mol. The summed E-state index contributed by atoms with van der Waals surface area (Å²) in [5, 5.41) is 8.08. The predicted molar refractivity (Wildman–Crippen MR) is 91.4 cm³/mol. The zero-order chi connectivity index (χ0) is 17.1. The van der Waals surface area contributed by atoms with Crippen LogP contribution in [0.25, 0.3) is 11.5 Å². The standard InChI is InChI=1S/C19H19N3O2/c1-13-9-10-16(14(2)11-13)19(23)22(3)12-17-20-21-18(24-17)15-7-5-4-6-8-15/h4-11H,12H2,1-3H3. The number of carbonyl (C=O) groups excluding carboxylic acids is 1. The summed E-state index contributed by atoms with van der Waals surface area (Å²) in [6.07, 6.45) is 0. The van der Waals surface area contributed by atoms with Crippen LogP contribution in [0, 0.1) is 13.8 Å². The monoisotopic (exact) mass is 321 g/mol. The molecule has 0 bridgehead atoms. The SMILES string of the molecule is Cc1ccc(C(=O)N(C)Cc2nnc(-c3ccccc3)o2)c(C)c1. The van der Waals surface area contributed by atoms with Crippen LogP contribution >= 0.6 is 0 Å². The van der Waals surface area contributed by atoms with Crippen molar-refractivity contribution >= 4 is 5.91 Å². The van der Waals surface area contributed by atoms with Gasteiger partial charge in [-0.05, 0) is 37.6 Å². The maximum Gasteiger partial charge on any atom is 0.254 e. The Morgan fingerprint density at radius 1 is 1.08 bits per heavy atom. The molecule has 5 nitrogen and oxygen atoms in total. The molecule has 0 aliphatic carbocycles. The van der Waals surface area contributed by atoms with Gasteiger partial charge in [-0.2, -0.15) is 0 Å². The summed E-state index contributed by atoms with van der Waals surface area (Å²) in [5.41, 5.74) is 3.64. The van der Waals surface area contributed by atoms with Gasteiger partial charge in [-0.1, -0.05) is 35.9 Å². The van der Waals surface area contributed by atoms with Crippen molar-refractivity contribution < 1.29 is 9.21 Å². The maximum atomic E-state index is 12.6. The Morgan fingerprint density at radius 3 is 2.54 bits per heavy atom. The van der Waals surface area contributed by atoms with Crippen LogP contribution in [0.1, 0.15) is 27.4 Å². The Morgan fingerprint density at radius 2 is 1.83 bits per heavy atom. The average molecular weight is 321 g/mol. The van der Waals surface area contributed by atoms with E-state index in [-0.39, 0.29) is 12.5 Å². The minimum atomic E-state index is -0.0630. The second-order valence-corrected chi connectivity index (χ2v) is 5.85. The maximum absolute atomic E-state index is 12.6. The Kier molecular flexibility index (Phi) is 4.42. The van der Waals surface area contributed by atoms with Crippen molar-refractivity contribution in [3.63, 3.8) is 0 Å². The van der Waals surface area contributed by atoms with Crippen LogP contribution < -0.4 is 0 Å². The molecule has 1 amide bonds. The van der Waals surface area contributed by atoms with E-state index in [4.69, 9.17) is 4.42 Å². The second-order valence-electron chi connectivity index (χ2n) is 5.85. The molecule has 0 unspecified atom stereocenters. The minimum absolute atomic E-state index is 0.0630. The molecule has 2 aromatic carbocycles. The Hall–Kier alpha value is -2.95. The van der Waals surface area contributed by atoms with E-state index >= 15 is 0 Å². The van der Waals surface area contributed by atoms with Crippen molar-refractivity contribution in [3.8, 4) is 11.5 Å². The minimum Gasteiger partial charge on any atom is -0.419 e. The van der Waals surface area contributed by atoms with Gasteiger partial charge in [0.1, 0.15) is 0 Å². The average Bonchev–Trinajstić information content (AvgIpc) is 3.03. The molecule has 5 heteroatoms. The van der Waals surface area contributed by atoms with Gasteiger partial charge in [0.2, 0.25) is 11.8 Å². The topological polar surface area (TPSA) is 59.2 Å². The van der Waals surface area contributed by atoms with Gasteiger partial charge in [-0.15, -0.1) is 10.2 Å². The summed E-state index contributed by atoms with van der Waals surface area (Å²) in [7, 11) is 1.73. The number of nitrogens with zero attached hydrogens (tertiary/aromatic N) is 3. The molecule has 1 aromatic heterocycles. The number of hydrogen-bond donors (Lipinski definition) is 0. The summed E-state index contributed by atoms with van der Waals surface area (Å²) in [6.45, 7) is 4.22. The summed E-state index contributed by atoms with van der Waals surface area (Å²) in [5.74, 6) is 0.805. The van der Waals surface area contributed by atoms with E-state index in [2.05, 4.69) is 10.2 Å². The molecule has 0 aliphatic heterocycles. The van der Waals surface area contributed by atoms with E-state index in [1.807, 2.05) is 62.4 Å². The first-order chi connectivity index (χ1) is 11.5. The lowest BCUT2D eigenvalue weighted by molar-refractivity contribution is 0.0772. The van der Waals surface area contributed by atoms with Gasteiger partial charge in [0.05, 0.1) is 6.54 Å². The van der Waals surface area contributed by atoms with E-state index in [1.165, 1.54) is 0 Å². The summed E-state index contributed by atoms with van der Waals surface area (Å²) < 4.78 is 5.66. The number of aromatic nitrogens is 2. The van der Waals surface area contributed by atoms with Gasteiger partial charge < -0.3 is 9.32 Å². The van der Waals surface area contributed by atoms with Crippen LogP contribution in [0.15, 0.2) is 52.9 Å². The summed E-state index contributed by atoms with van der Waals surface area (Å²) >= 11 is 0. The fraction of sp³-hybridized carbons (Fsp3) is 0.211. The van der Waals surface area contributed by atoms with Crippen LogP contribution in [-0.4, -0.2) is 28.1 Å². The van der Waals surface area contributed by atoms with Gasteiger partial charge in [-0.3, -0.25) is 4.79 Å². The summed E-state index contributed by atoms with van der Waals surface area (Å²) in [4.78, 5) is 14.2. The quantitative estimate of drug-likeness (QED) is 0.736. The third-order valence-corrected chi connectivity index (χ3v) is 3.82. The van der Waals surface area contributed by atoms with E-state index in [1.54, 1.807) is 11.9 Å². The highest BCUT2D eigenvalue weighted by atomic mass is 16.4. The number of aryl methyl sites for hydroxylation is 2. The highest BCUT2D eigenvalue weighted by Crippen LogP contribution is 2.18. The lowest BCUT2D eigenvalue weighted by Crippen LogP contribution is -2.27. The van der Waals surface area contributed by atoms with E-state index < -0.39 is 0 Å². The smallest absolute Gasteiger partial charge is 0.254 e. The Bertz CT molecular complexity index is 856. The Labute approximate surface area is 140 Å². The highest BCUT2D eigenvalue weighted by molar-refractivity contribution is 5.95. The number of benzene rings is 2. The normalized spacial score (nSPS) is 10.6. The van der Waals surface area contributed by atoms with Gasteiger partial charge in [-0.25, -0.2) is 0 Å². The zero-order valence-corrected chi connectivity index (χ0v) is 14.0. The fourth-order valence-corrected chi connectivity index (χ4v) is 2.55. The van der Waals surface area contributed by atoms with Crippen LogP contribution in [0.3, 0.4) is 0 Å². The van der Waals surface area contributed by atoms with Crippen molar-refractivity contribution in [2.45, 2.75) is 20.4 Å². The first-order valence-electron chi connectivity index (χ1n) is 7.75. The predicted octanol–water partition coefficient (Wildman–Crippen LogP) is 3.63. The van der Waals surface area contributed by atoms with E-state index in [9.17, 15) is 4.79 Å². The third-order valence-electron chi connectivity index (χ3n) is 3.82. The van der Waals surface area contributed by atoms with E-state index in [0.717, 1.165) is 16.7 Å². The Balaban J connectivity index is 1.74. The van der Waals surface area contributed by atoms with Crippen LogP contribution in [0.2, 0.25) is 0 Å². The number of amides is 1. The fourth-order valence-electron chi connectivity index (χ4n) is 2.55. The van der Waals surface area contributed by atoms with Gasteiger partial charge in [0.25, 0.3) is 5.91 Å². The van der Waals surface area contributed by atoms with Crippen molar-refractivity contribution in [2.24, 2.45) is 0 Å². The molecule has 122 valence electrons. The zero-order valence-electron chi connectivity index (χ0n) is 14.0. The molecule has 0 N–H and O–H groups in total. The highest BCUT2D eigenvalue weighted by Gasteiger charge is 2.17. The molecule has 0 aliphatic rings. The molecule has 0 atom stereocenters. The first-order valence-corrected chi connectivity index (χ1v) is 7.75. The molecular formula is C19H19N3O2. The molecule has 0 saturated heterocycles. The molecule has 1 heterocycles. The number of rotatable bonds is 4. The van der Waals surface area contributed by atoms with Crippen molar-refractivity contribution in [1.29, 1.82) is 0 Å². The van der Waals surface area contributed by atoms with Gasteiger partial charge in [0.15, 0.2) is 0 Å². The summed E-state index contributed by atoms with van der Waals surface area (Å²) in [6, 6.07) is 15.4. The first kappa shape index (κ1) is 15.9. The van der Waals surface area contributed by atoms with E-state index in [0.29, 0.717) is 17.3 Å². The molecule has 3 aromatic rings. The lowest BCUT2D eigenvalue weighted by Gasteiger charge is -2.16. The number of hydrogen-bond acceptors (Lipinski definition) is 4. The molecule has 24 heavy (non-hydrogen) atoms. The lowest BCUT2D eigenvalue weighted by atomic mass is 10.0. The number of carbonyl (C=O) groups is 1. The second kappa shape index (κ2) is 6.66. The molecule has 3 rings (SSSR count). The van der Waals surface area contributed by atoms with Crippen molar-refractivity contribution in [2.75, 3.05) is 7.05 Å². The molecule has 0 saturated carbocycles. The third kappa shape index (κ3) is 3.35. The van der Waals surface area contributed by atoms with Crippen molar-refractivity contribution in [1.82, 2.24) is 15.1 Å². The van der Waals surface area contributed by atoms with Gasteiger partial charge >= 0.3 is 0 Å². The van der Waals surface area contributed by atoms with Crippen molar-refractivity contribution in [3.05, 3.63) is 71.1 Å². The molecule has 0 spiro atoms. The van der Waals surface area contributed by atoms with Crippen LogP contribution in [0.5, 0.6) is 0 Å². The van der Waals surface area contributed by atoms with Gasteiger partial charge in [0, 0.05) is 18.2 Å². The van der Waals surface area contributed by atoms with Crippen LogP contribution in [-0.2, 0) is 6.54 Å². The largest absolute Gasteiger partial charge is 0.419 e. The molecule has 0 fully saturated rings. The van der Waals surface area contributed by atoms with Crippen LogP contribution in [0.4, 0.5) is 0 Å².